The first-order valence-electron chi connectivity index (χ1n) is 10.3. The minimum absolute atomic E-state index is 0.154. The van der Waals surface area contributed by atoms with Gasteiger partial charge in [-0.2, -0.15) is 5.10 Å². The maximum atomic E-state index is 12.3. The zero-order valence-corrected chi connectivity index (χ0v) is 18.5. The van der Waals surface area contributed by atoms with Gasteiger partial charge in [0.2, 0.25) is 0 Å². The standard InChI is InChI=1S/C24H20N4O7/c1-2-34-21-10-6-4-8-19(21)26-22(29)23(30)27-25-15-16-11-13-17(14-12-16)35-24(31)18-7-3-5-9-20(18)28(32)33/h3-15H,2H2,1H3,(H,26,29)(H,27,30)/b25-15+. The van der Waals surface area contributed by atoms with Crippen LogP contribution < -0.4 is 20.2 Å². The molecule has 0 aliphatic rings. The van der Waals surface area contributed by atoms with E-state index in [1.165, 1.54) is 54.7 Å². The highest BCUT2D eigenvalue weighted by Gasteiger charge is 2.21. The van der Waals surface area contributed by atoms with E-state index in [-0.39, 0.29) is 17.0 Å². The van der Waals surface area contributed by atoms with Crippen molar-refractivity contribution in [2.45, 2.75) is 6.92 Å². The Bertz CT molecular complexity index is 1270. The number of nitrogens with zero attached hydrogens (tertiary/aromatic N) is 2. The van der Waals surface area contributed by atoms with E-state index in [1.54, 1.807) is 31.2 Å². The Morgan fingerprint density at radius 3 is 2.37 bits per heavy atom. The van der Waals surface area contributed by atoms with Crippen molar-refractivity contribution in [1.82, 2.24) is 5.43 Å². The molecule has 2 N–H and O–H groups in total. The van der Waals surface area contributed by atoms with Crippen molar-refractivity contribution in [3.05, 3.63) is 94.0 Å². The largest absolute Gasteiger partial charge is 0.492 e. The van der Waals surface area contributed by atoms with Gasteiger partial charge in [-0.05, 0) is 55.0 Å². The fraction of sp³-hybridized carbons (Fsp3) is 0.0833. The summed E-state index contributed by atoms with van der Waals surface area (Å²) in [5.41, 5.74) is 2.46. The van der Waals surface area contributed by atoms with Crippen molar-refractivity contribution in [2.24, 2.45) is 5.10 Å². The molecule has 35 heavy (non-hydrogen) atoms. The molecule has 2 amide bonds. The number of nitro benzene ring substituents is 1. The summed E-state index contributed by atoms with van der Waals surface area (Å²) in [6.07, 6.45) is 1.28. The second kappa shape index (κ2) is 11.7. The van der Waals surface area contributed by atoms with E-state index < -0.39 is 22.7 Å². The summed E-state index contributed by atoms with van der Waals surface area (Å²) in [6.45, 7) is 2.19. The molecule has 0 bridgehead atoms. The molecule has 0 aromatic heterocycles. The molecule has 3 aromatic carbocycles. The number of amides is 2. The van der Waals surface area contributed by atoms with Gasteiger partial charge in [0.1, 0.15) is 17.1 Å². The first-order chi connectivity index (χ1) is 16.9. The Morgan fingerprint density at radius 2 is 1.66 bits per heavy atom. The number of hydrogen-bond donors (Lipinski definition) is 2. The zero-order valence-electron chi connectivity index (χ0n) is 18.5. The Morgan fingerprint density at radius 1 is 0.971 bits per heavy atom. The summed E-state index contributed by atoms with van der Waals surface area (Å²) >= 11 is 0. The summed E-state index contributed by atoms with van der Waals surface area (Å²) in [7, 11) is 0. The molecule has 0 atom stereocenters. The van der Waals surface area contributed by atoms with E-state index in [0.29, 0.717) is 23.6 Å². The molecule has 0 saturated heterocycles. The quantitative estimate of drug-likeness (QED) is 0.126. The van der Waals surface area contributed by atoms with Crippen LogP contribution in [0.5, 0.6) is 11.5 Å². The van der Waals surface area contributed by atoms with Gasteiger partial charge in [-0.1, -0.05) is 24.3 Å². The monoisotopic (exact) mass is 476 g/mol. The van der Waals surface area contributed by atoms with Crippen LogP contribution in [0.25, 0.3) is 0 Å². The summed E-state index contributed by atoms with van der Waals surface area (Å²) in [6, 6.07) is 18.1. The minimum atomic E-state index is -0.984. The highest BCUT2D eigenvalue weighted by atomic mass is 16.6. The van der Waals surface area contributed by atoms with E-state index in [4.69, 9.17) is 9.47 Å². The molecule has 0 radical (unpaired) electrons. The SMILES string of the molecule is CCOc1ccccc1NC(=O)C(=O)N/N=C/c1ccc(OC(=O)c2ccccc2[N+](=O)[O-])cc1. The highest BCUT2D eigenvalue weighted by molar-refractivity contribution is 6.39. The number of hydrazone groups is 1. The zero-order chi connectivity index (χ0) is 25.2. The number of esters is 1. The molecule has 3 aromatic rings. The van der Waals surface area contributed by atoms with E-state index in [9.17, 15) is 24.5 Å². The van der Waals surface area contributed by atoms with Gasteiger partial charge >= 0.3 is 17.8 Å². The lowest BCUT2D eigenvalue weighted by atomic mass is 10.2. The van der Waals surface area contributed by atoms with Crippen LogP contribution in [-0.4, -0.2) is 35.5 Å². The van der Waals surface area contributed by atoms with Crippen molar-refractivity contribution in [1.29, 1.82) is 0 Å². The van der Waals surface area contributed by atoms with E-state index in [0.717, 1.165) is 0 Å². The predicted octanol–water partition coefficient (Wildman–Crippen LogP) is 3.30. The number of nitro groups is 1. The molecule has 0 saturated carbocycles. The number of anilines is 1. The highest BCUT2D eigenvalue weighted by Crippen LogP contribution is 2.23. The molecule has 11 heteroatoms. The molecule has 0 unspecified atom stereocenters. The minimum Gasteiger partial charge on any atom is -0.492 e. The average Bonchev–Trinajstić information content (AvgIpc) is 2.86. The Balaban J connectivity index is 1.55. The fourth-order valence-electron chi connectivity index (χ4n) is 2.84. The Kier molecular flexibility index (Phi) is 8.22. The van der Waals surface area contributed by atoms with Crippen molar-refractivity contribution < 1.29 is 28.8 Å². The number of hydrogen-bond acceptors (Lipinski definition) is 8. The molecular weight excluding hydrogens is 456 g/mol. The van der Waals surface area contributed by atoms with Crippen LogP contribution in [-0.2, 0) is 9.59 Å². The third-order valence-corrected chi connectivity index (χ3v) is 4.43. The smallest absolute Gasteiger partial charge is 0.350 e. The van der Waals surface area contributed by atoms with Gasteiger partial charge in [-0.15, -0.1) is 0 Å². The van der Waals surface area contributed by atoms with Gasteiger partial charge in [0, 0.05) is 6.07 Å². The van der Waals surface area contributed by atoms with Crippen LogP contribution in [0.2, 0.25) is 0 Å². The van der Waals surface area contributed by atoms with Crippen LogP contribution in [0.1, 0.15) is 22.8 Å². The summed E-state index contributed by atoms with van der Waals surface area (Å²) in [5.74, 6) is -2.19. The molecule has 3 rings (SSSR count). The third kappa shape index (κ3) is 6.71. The number of para-hydroxylation sites is 3. The Hall–Kier alpha value is -5.06. The number of nitrogens with one attached hydrogen (secondary N) is 2. The molecular formula is C24H20N4O7. The van der Waals surface area contributed by atoms with Crippen molar-refractivity contribution in [3.8, 4) is 11.5 Å². The summed E-state index contributed by atoms with van der Waals surface area (Å²) in [4.78, 5) is 46.8. The molecule has 178 valence electrons. The molecule has 0 heterocycles. The molecule has 0 fully saturated rings. The van der Waals surface area contributed by atoms with E-state index in [2.05, 4.69) is 15.8 Å². The van der Waals surface area contributed by atoms with Crippen LogP contribution in [0.3, 0.4) is 0 Å². The van der Waals surface area contributed by atoms with Gasteiger partial charge in [0.15, 0.2) is 0 Å². The van der Waals surface area contributed by atoms with Crippen LogP contribution in [0.15, 0.2) is 77.9 Å². The van der Waals surface area contributed by atoms with Gasteiger partial charge < -0.3 is 14.8 Å². The van der Waals surface area contributed by atoms with Crippen molar-refractivity contribution in [3.63, 3.8) is 0 Å². The maximum Gasteiger partial charge on any atom is 0.350 e. The average molecular weight is 476 g/mol. The van der Waals surface area contributed by atoms with Crippen LogP contribution in [0, 0.1) is 10.1 Å². The van der Waals surface area contributed by atoms with Gasteiger partial charge in [-0.25, -0.2) is 10.2 Å². The molecule has 0 aliphatic heterocycles. The fourth-order valence-corrected chi connectivity index (χ4v) is 2.84. The van der Waals surface area contributed by atoms with Gasteiger partial charge in [-0.3, -0.25) is 19.7 Å². The van der Waals surface area contributed by atoms with Gasteiger partial charge in [0.05, 0.1) is 23.4 Å². The number of carbonyl (C=O) groups excluding carboxylic acids is 3. The summed E-state index contributed by atoms with van der Waals surface area (Å²) < 4.78 is 10.6. The molecule has 0 spiro atoms. The van der Waals surface area contributed by atoms with Crippen LogP contribution >= 0.6 is 0 Å². The normalized spacial score (nSPS) is 10.4. The third-order valence-electron chi connectivity index (χ3n) is 4.43. The lowest BCUT2D eigenvalue weighted by Gasteiger charge is -2.10. The Labute approximate surface area is 199 Å². The number of carbonyl (C=O) groups is 3. The lowest BCUT2D eigenvalue weighted by molar-refractivity contribution is -0.385. The first-order valence-corrected chi connectivity index (χ1v) is 10.3. The molecule has 11 nitrogen and oxygen atoms in total. The lowest BCUT2D eigenvalue weighted by Crippen LogP contribution is -2.32. The number of ether oxygens (including phenoxy) is 2. The van der Waals surface area contributed by atoms with Crippen LogP contribution in [0.4, 0.5) is 11.4 Å². The molecule has 0 aliphatic carbocycles. The second-order valence-corrected chi connectivity index (χ2v) is 6.82. The van der Waals surface area contributed by atoms with E-state index in [1.807, 2.05) is 0 Å². The van der Waals surface area contributed by atoms with Gasteiger partial charge in [0.25, 0.3) is 5.69 Å². The predicted molar refractivity (Wildman–Crippen MR) is 126 cm³/mol. The summed E-state index contributed by atoms with van der Waals surface area (Å²) in [5, 5.41) is 17.3. The first kappa shape index (κ1) is 24.6. The van der Waals surface area contributed by atoms with Crippen molar-refractivity contribution in [2.75, 3.05) is 11.9 Å². The van der Waals surface area contributed by atoms with Crippen molar-refractivity contribution >= 4 is 35.4 Å². The number of benzene rings is 3. The van der Waals surface area contributed by atoms with E-state index >= 15 is 0 Å². The maximum absolute atomic E-state index is 12.3. The number of rotatable bonds is 8. The second-order valence-electron chi connectivity index (χ2n) is 6.82. The topological polar surface area (TPSA) is 149 Å².